The summed E-state index contributed by atoms with van der Waals surface area (Å²) >= 11 is 0. The molecule has 0 aliphatic rings. The summed E-state index contributed by atoms with van der Waals surface area (Å²) in [4.78, 5) is 12.5. The average Bonchev–Trinajstić information content (AvgIpc) is 3.37. The van der Waals surface area contributed by atoms with E-state index in [1.807, 2.05) is 6.08 Å². The number of nitrogens with one attached hydrogen (secondary N) is 1. The van der Waals surface area contributed by atoms with Crippen LogP contribution >= 0.6 is 0 Å². The van der Waals surface area contributed by atoms with Gasteiger partial charge in [-0.3, -0.25) is 4.79 Å². The summed E-state index contributed by atoms with van der Waals surface area (Å²) in [6.45, 7) is 4.23. The smallest absolute Gasteiger partial charge is 0.220 e. The molecule has 0 aliphatic carbocycles. The van der Waals surface area contributed by atoms with Crippen LogP contribution in [-0.4, -0.2) is 34.9 Å². The van der Waals surface area contributed by atoms with Crippen LogP contribution in [0.2, 0.25) is 0 Å². The first kappa shape index (κ1) is 69.1. The van der Waals surface area contributed by atoms with Crippen LogP contribution in [-0.2, 0) is 4.79 Å². The Kier molecular flexibility index (Phi) is 60.7. The SMILES string of the molecule is CC/C=C\C/C=C\C/C=C\C/C=C\CCCCCCCCCCCCCCCCCCCCCCCCC(=O)NC(CO)C(O)/C=C/CCCCCCCCCCCCCCCCCCCCCCCC. The maximum Gasteiger partial charge on any atom is 0.220 e. The third kappa shape index (κ3) is 58.8. The second-order valence-electron chi connectivity index (χ2n) is 21.8. The molecular weight excluding hydrogens is 867 g/mol. The minimum atomic E-state index is -0.840. The number of aliphatic hydroxyl groups is 2. The standard InChI is InChI=1S/C67H125NO3/c1-3-5-7-9-11-13-15-17-19-21-23-25-27-29-30-31-32-33-34-35-36-37-38-39-41-43-45-47-49-51-53-55-57-59-61-63-67(71)68-65(64-69)66(70)62-60-58-56-54-52-50-48-46-44-42-40-28-26-24-22-20-18-16-14-12-10-8-6-4-2/h5,7,11,13,17,19,23,25,60,62,65-66,69-70H,3-4,6,8-10,12,14-16,18,20-22,24,26-59,61,63-64H2,1-2H3,(H,68,71)/b7-5-,13-11-,19-17-,25-23-,62-60+. The molecule has 0 heterocycles. The summed E-state index contributed by atoms with van der Waals surface area (Å²) in [7, 11) is 0. The Morgan fingerprint density at radius 3 is 0.930 bits per heavy atom. The number of hydrogen-bond donors (Lipinski definition) is 3. The van der Waals surface area contributed by atoms with Gasteiger partial charge in [0.2, 0.25) is 5.91 Å². The lowest BCUT2D eigenvalue weighted by Crippen LogP contribution is -2.45. The number of allylic oxidation sites excluding steroid dienone is 9. The van der Waals surface area contributed by atoms with Gasteiger partial charge in [0.05, 0.1) is 18.8 Å². The Balaban J connectivity index is 3.44. The summed E-state index contributed by atoms with van der Waals surface area (Å²) in [5, 5.41) is 23.3. The number of unbranched alkanes of at least 4 members (excludes halogenated alkanes) is 44. The Hall–Kier alpha value is -1.91. The molecule has 0 aromatic carbocycles. The van der Waals surface area contributed by atoms with E-state index in [0.29, 0.717) is 6.42 Å². The van der Waals surface area contributed by atoms with Gasteiger partial charge in [-0.25, -0.2) is 0 Å². The van der Waals surface area contributed by atoms with Gasteiger partial charge < -0.3 is 15.5 Å². The van der Waals surface area contributed by atoms with E-state index in [0.717, 1.165) is 51.4 Å². The highest BCUT2D eigenvalue weighted by Gasteiger charge is 2.18. The van der Waals surface area contributed by atoms with Crippen molar-refractivity contribution in [3.05, 3.63) is 60.8 Å². The van der Waals surface area contributed by atoms with Crippen molar-refractivity contribution in [2.75, 3.05) is 6.61 Å². The number of carbonyl (C=O) groups excluding carboxylic acids is 1. The number of hydrogen-bond acceptors (Lipinski definition) is 3. The molecule has 0 bridgehead atoms. The quantitative estimate of drug-likeness (QED) is 0.0420. The van der Waals surface area contributed by atoms with Crippen molar-refractivity contribution in [2.45, 2.75) is 353 Å². The number of aliphatic hydroxyl groups excluding tert-OH is 2. The maximum atomic E-state index is 12.5. The zero-order chi connectivity index (χ0) is 51.3. The Morgan fingerprint density at radius 1 is 0.352 bits per heavy atom. The van der Waals surface area contributed by atoms with Crippen LogP contribution in [0.4, 0.5) is 0 Å². The highest BCUT2D eigenvalue weighted by Crippen LogP contribution is 2.18. The van der Waals surface area contributed by atoms with Gasteiger partial charge in [0.1, 0.15) is 0 Å². The van der Waals surface area contributed by atoms with Gasteiger partial charge in [0.25, 0.3) is 0 Å². The number of carbonyl (C=O) groups is 1. The van der Waals surface area contributed by atoms with E-state index >= 15 is 0 Å². The van der Waals surface area contributed by atoms with Gasteiger partial charge in [-0.2, -0.15) is 0 Å². The molecule has 2 atom stereocenters. The molecule has 4 nitrogen and oxygen atoms in total. The van der Waals surface area contributed by atoms with Crippen LogP contribution in [0.5, 0.6) is 0 Å². The lowest BCUT2D eigenvalue weighted by molar-refractivity contribution is -0.123. The van der Waals surface area contributed by atoms with E-state index in [-0.39, 0.29) is 12.5 Å². The van der Waals surface area contributed by atoms with Crippen LogP contribution in [0.25, 0.3) is 0 Å². The maximum absolute atomic E-state index is 12.5. The van der Waals surface area contributed by atoms with Crippen molar-refractivity contribution < 1.29 is 15.0 Å². The minimum Gasteiger partial charge on any atom is -0.394 e. The Morgan fingerprint density at radius 2 is 0.620 bits per heavy atom. The highest BCUT2D eigenvalue weighted by molar-refractivity contribution is 5.76. The third-order valence-electron chi connectivity index (χ3n) is 14.8. The van der Waals surface area contributed by atoms with Crippen LogP contribution in [0.3, 0.4) is 0 Å². The van der Waals surface area contributed by atoms with E-state index in [9.17, 15) is 15.0 Å². The molecule has 2 unspecified atom stereocenters. The van der Waals surface area contributed by atoms with Gasteiger partial charge in [-0.05, 0) is 57.8 Å². The Bertz CT molecular complexity index is 1170. The summed E-state index contributed by atoms with van der Waals surface area (Å²) in [5.74, 6) is -0.0579. The van der Waals surface area contributed by atoms with Crippen LogP contribution in [0.1, 0.15) is 341 Å². The Labute approximate surface area is 445 Å². The van der Waals surface area contributed by atoms with E-state index < -0.39 is 12.1 Å². The van der Waals surface area contributed by atoms with E-state index in [2.05, 4.69) is 67.8 Å². The molecular formula is C67H125NO3. The van der Waals surface area contributed by atoms with Gasteiger partial charge >= 0.3 is 0 Å². The van der Waals surface area contributed by atoms with Gasteiger partial charge in [-0.15, -0.1) is 0 Å². The molecule has 1 amide bonds. The van der Waals surface area contributed by atoms with Crippen molar-refractivity contribution in [2.24, 2.45) is 0 Å². The molecule has 0 saturated carbocycles. The second-order valence-corrected chi connectivity index (χ2v) is 21.8. The average molecular weight is 993 g/mol. The summed E-state index contributed by atoms with van der Waals surface area (Å²) in [6.07, 6.45) is 88.5. The first-order valence-corrected chi connectivity index (χ1v) is 32.0. The predicted octanol–water partition coefficient (Wildman–Crippen LogP) is 21.5. The zero-order valence-corrected chi connectivity index (χ0v) is 48.0. The van der Waals surface area contributed by atoms with Gasteiger partial charge in [0.15, 0.2) is 0 Å². The first-order valence-electron chi connectivity index (χ1n) is 32.0. The minimum absolute atomic E-state index is 0.0579. The lowest BCUT2D eigenvalue weighted by atomic mass is 10.0. The van der Waals surface area contributed by atoms with Crippen molar-refractivity contribution in [1.82, 2.24) is 5.32 Å². The highest BCUT2D eigenvalue weighted by atomic mass is 16.3. The fourth-order valence-corrected chi connectivity index (χ4v) is 9.94. The molecule has 71 heavy (non-hydrogen) atoms. The van der Waals surface area contributed by atoms with Gasteiger partial charge in [0, 0.05) is 6.42 Å². The molecule has 416 valence electrons. The lowest BCUT2D eigenvalue weighted by Gasteiger charge is -2.20. The number of rotatable bonds is 59. The number of amides is 1. The topological polar surface area (TPSA) is 69.6 Å². The molecule has 0 fully saturated rings. The summed E-state index contributed by atoms with van der Waals surface area (Å²) < 4.78 is 0. The second kappa shape index (κ2) is 62.4. The molecule has 0 aromatic heterocycles. The largest absolute Gasteiger partial charge is 0.394 e. The fourth-order valence-electron chi connectivity index (χ4n) is 9.94. The molecule has 3 N–H and O–H groups in total. The van der Waals surface area contributed by atoms with Crippen molar-refractivity contribution >= 4 is 5.91 Å². The molecule has 0 aromatic rings. The van der Waals surface area contributed by atoms with Crippen LogP contribution in [0.15, 0.2) is 60.8 Å². The van der Waals surface area contributed by atoms with E-state index in [1.165, 1.54) is 270 Å². The summed E-state index contributed by atoms with van der Waals surface area (Å²) in [5.41, 5.74) is 0. The first-order chi connectivity index (χ1) is 35.2. The molecule has 0 aliphatic heterocycles. The van der Waals surface area contributed by atoms with Gasteiger partial charge in [-0.1, -0.05) is 338 Å². The van der Waals surface area contributed by atoms with Crippen molar-refractivity contribution in [3.8, 4) is 0 Å². The zero-order valence-electron chi connectivity index (χ0n) is 48.0. The van der Waals surface area contributed by atoms with Crippen LogP contribution in [0, 0.1) is 0 Å². The van der Waals surface area contributed by atoms with Crippen molar-refractivity contribution in [1.29, 1.82) is 0 Å². The third-order valence-corrected chi connectivity index (χ3v) is 14.8. The fraction of sp³-hybridized carbons (Fsp3) is 0.836. The van der Waals surface area contributed by atoms with Crippen LogP contribution < -0.4 is 5.32 Å². The summed E-state index contributed by atoms with van der Waals surface area (Å²) in [6, 6.07) is -0.623. The molecule has 0 radical (unpaired) electrons. The predicted molar refractivity (Wildman–Crippen MR) is 318 cm³/mol. The van der Waals surface area contributed by atoms with E-state index in [4.69, 9.17) is 0 Å². The van der Waals surface area contributed by atoms with E-state index in [1.54, 1.807) is 6.08 Å². The van der Waals surface area contributed by atoms with Crippen molar-refractivity contribution in [3.63, 3.8) is 0 Å². The normalized spacial score (nSPS) is 13.1. The molecule has 0 spiro atoms. The monoisotopic (exact) mass is 992 g/mol. The molecule has 4 heteroatoms. The molecule has 0 saturated heterocycles. The molecule has 0 rings (SSSR count).